The Morgan fingerprint density at radius 3 is 2.69 bits per heavy atom. The lowest BCUT2D eigenvalue weighted by Crippen LogP contribution is -2.37. The fraction of sp³-hybridized carbons (Fsp3) is 0.500. The molecule has 0 spiro atoms. The van der Waals surface area contributed by atoms with E-state index in [9.17, 15) is 13.2 Å². The number of anilines is 1. The standard InChI is InChI=1S/C8H9ClF3N3O/c9-7-13-3-1-6(15-7)14-5(2-4-16)8(10,11)12/h1,3,5,16H,2,4H2,(H,13,14,15). The van der Waals surface area contributed by atoms with Gasteiger partial charge in [0.2, 0.25) is 5.28 Å². The van der Waals surface area contributed by atoms with Crippen molar-refractivity contribution < 1.29 is 18.3 Å². The molecule has 16 heavy (non-hydrogen) atoms. The summed E-state index contributed by atoms with van der Waals surface area (Å²) in [5, 5.41) is 10.5. The number of alkyl halides is 3. The van der Waals surface area contributed by atoms with Crippen LogP contribution in [0.2, 0.25) is 5.28 Å². The lowest BCUT2D eigenvalue weighted by Gasteiger charge is -2.21. The number of aliphatic hydroxyl groups is 1. The van der Waals surface area contributed by atoms with Gasteiger partial charge in [-0.25, -0.2) is 9.97 Å². The van der Waals surface area contributed by atoms with Gasteiger partial charge in [0.25, 0.3) is 0 Å². The van der Waals surface area contributed by atoms with Gasteiger partial charge >= 0.3 is 6.18 Å². The lowest BCUT2D eigenvalue weighted by atomic mass is 10.2. The second-order valence-corrected chi connectivity index (χ2v) is 3.30. The maximum atomic E-state index is 12.4. The minimum absolute atomic E-state index is 0.0317. The highest BCUT2D eigenvalue weighted by molar-refractivity contribution is 6.28. The van der Waals surface area contributed by atoms with Crippen molar-refractivity contribution in [3.05, 3.63) is 17.5 Å². The zero-order valence-electron chi connectivity index (χ0n) is 8.00. The molecule has 0 fully saturated rings. The fourth-order valence-corrected chi connectivity index (χ4v) is 1.19. The van der Waals surface area contributed by atoms with Crippen molar-refractivity contribution in [1.29, 1.82) is 0 Å². The molecule has 0 radical (unpaired) electrons. The first-order valence-corrected chi connectivity index (χ1v) is 4.74. The average molecular weight is 256 g/mol. The van der Waals surface area contributed by atoms with E-state index in [1.165, 1.54) is 12.3 Å². The Morgan fingerprint density at radius 2 is 2.19 bits per heavy atom. The minimum Gasteiger partial charge on any atom is -0.396 e. The van der Waals surface area contributed by atoms with Crippen LogP contribution in [0.1, 0.15) is 6.42 Å². The van der Waals surface area contributed by atoms with Crippen molar-refractivity contribution in [2.24, 2.45) is 0 Å². The third-order valence-electron chi connectivity index (χ3n) is 1.76. The van der Waals surface area contributed by atoms with Crippen LogP contribution in [-0.4, -0.2) is 33.9 Å². The van der Waals surface area contributed by atoms with Gasteiger partial charge in [0.15, 0.2) is 0 Å². The van der Waals surface area contributed by atoms with Crippen LogP contribution in [0.4, 0.5) is 19.0 Å². The molecule has 0 amide bonds. The molecule has 0 aliphatic rings. The quantitative estimate of drug-likeness (QED) is 0.807. The summed E-state index contributed by atoms with van der Waals surface area (Å²) in [4.78, 5) is 7.11. The zero-order valence-corrected chi connectivity index (χ0v) is 8.76. The molecule has 0 aliphatic heterocycles. The van der Waals surface area contributed by atoms with Gasteiger partial charge in [-0.15, -0.1) is 0 Å². The Labute approximate surface area is 94.5 Å². The van der Waals surface area contributed by atoms with Crippen LogP contribution in [0.5, 0.6) is 0 Å². The molecular weight excluding hydrogens is 247 g/mol. The summed E-state index contributed by atoms with van der Waals surface area (Å²) in [6.45, 7) is -0.573. The topological polar surface area (TPSA) is 58.0 Å². The second-order valence-electron chi connectivity index (χ2n) is 2.96. The first kappa shape index (κ1) is 13.0. The SMILES string of the molecule is OCCC(Nc1ccnc(Cl)n1)C(F)(F)F. The monoisotopic (exact) mass is 255 g/mol. The third-order valence-corrected chi connectivity index (χ3v) is 1.94. The maximum Gasteiger partial charge on any atom is 0.408 e. The van der Waals surface area contributed by atoms with Crippen molar-refractivity contribution in [3.8, 4) is 0 Å². The molecule has 1 atom stereocenters. The van der Waals surface area contributed by atoms with Gasteiger partial charge < -0.3 is 10.4 Å². The average Bonchev–Trinajstić information content (AvgIpc) is 2.16. The summed E-state index contributed by atoms with van der Waals surface area (Å²) >= 11 is 5.43. The van der Waals surface area contributed by atoms with Gasteiger partial charge in [0, 0.05) is 12.8 Å². The van der Waals surface area contributed by atoms with Gasteiger partial charge in [0.05, 0.1) is 0 Å². The van der Waals surface area contributed by atoms with E-state index in [1.807, 2.05) is 0 Å². The Balaban J connectivity index is 2.76. The van der Waals surface area contributed by atoms with Crippen LogP contribution in [0.3, 0.4) is 0 Å². The normalized spacial score (nSPS) is 13.6. The number of nitrogens with one attached hydrogen (secondary N) is 1. The predicted octanol–water partition coefficient (Wildman–Crippen LogP) is 1.86. The molecule has 2 N–H and O–H groups in total. The molecule has 90 valence electrons. The summed E-state index contributed by atoms with van der Waals surface area (Å²) in [5.41, 5.74) is 0. The molecule has 0 saturated heterocycles. The predicted molar refractivity (Wildman–Crippen MR) is 52.2 cm³/mol. The first-order chi connectivity index (χ1) is 7.43. The van der Waals surface area contributed by atoms with Gasteiger partial charge in [-0.3, -0.25) is 0 Å². The van der Waals surface area contributed by atoms with Crippen LogP contribution in [0.15, 0.2) is 12.3 Å². The molecular formula is C8H9ClF3N3O. The van der Waals surface area contributed by atoms with Gasteiger partial charge in [-0.2, -0.15) is 13.2 Å². The number of hydrogen-bond donors (Lipinski definition) is 2. The van der Waals surface area contributed by atoms with Gasteiger partial charge in [-0.1, -0.05) is 0 Å². The van der Waals surface area contributed by atoms with E-state index in [2.05, 4.69) is 15.3 Å². The van der Waals surface area contributed by atoms with Crippen LogP contribution >= 0.6 is 11.6 Å². The van der Waals surface area contributed by atoms with E-state index in [-0.39, 0.29) is 11.1 Å². The molecule has 0 saturated carbocycles. The van der Waals surface area contributed by atoms with E-state index >= 15 is 0 Å². The van der Waals surface area contributed by atoms with E-state index in [1.54, 1.807) is 0 Å². The minimum atomic E-state index is -4.46. The summed E-state index contributed by atoms with van der Waals surface area (Å²) in [6, 6.07) is -0.592. The number of nitrogens with zero attached hydrogens (tertiary/aromatic N) is 2. The largest absolute Gasteiger partial charge is 0.408 e. The number of rotatable bonds is 4. The Kier molecular flexibility index (Phi) is 4.31. The maximum absolute atomic E-state index is 12.4. The molecule has 1 aromatic rings. The fourth-order valence-electron chi connectivity index (χ4n) is 1.04. The Hall–Kier alpha value is -1.08. The van der Waals surface area contributed by atoms with E-state index in [0.29, 0.717) is 0 Å². The zero-order chi connectivity index (χ0) is 12.2. The highest BCUT2D eigenvalue weighted by Gasteiger charge is 2.39. The number of aliphatic hydroxyl groups excluding tert-OH is 1. The molecule has 1 rings (SSSR count). The van der Waals surface area contributed by atoms with Crippen molar-refractivity contribution in [3.63, 3.8) is 0 Å². The van der Waals surface area contributed by atoms with Crippen LogP contribution < -0.4 is 5.32 Å². The molecule has 0 bridgehead atoms. The smallest absolute Gasteiger partial charge is 0.396 e. The van der Waals surface area contributed by atoms with Crippen LogP contribution in [-0.2, 0) is 0 Å². The Bertz CT molecular complexity index is 348. The lowest BCUT2D eigenvalue weighted by molar-refractivity contribution is -0.145. The highest BCUT2D eigenvalue weighted by atomic mass is 35.5. The third kappa shape index (κ3) is 3.82. The van der Waals surface area contributed by atoms with Crippen molar-refractivity contribution >= 4 is 17.4 Å². The number of hydrogen-bond acceptors (Lipinski definition) is 4. The van der Waals surface area contributed by atoms with Gasteiger partial charge in [-0.05, 0) is 24.1 Å². The second kappa shape index (κ2) is 5.31. The molecule has 1 unspecified atom stereocenters. The van der Waals surface area contributed by atoms with Crippen LogP contribution in [0, 0.1) is 0 Å². The molecule has 8 heteroatoms. The molecule has 0 aromatic carbocycles. The van der Waals surface area contributed by atoms with Crippen molar-refractivity contribution in [2.45, 2.75) is 18.6 Å². The van der Waals surface area contributed by atoms with E-state index < -0.39 is 25.2 Å². The summed E-state index contributed by atoms with van der Waals surface area (Å²) < 4.78 is 37.3. The van der Waals surface area contributed by atoms with E-state index in [0.717, 1.165) is 0 Å². The first-order valence-electron chi connectivity index (χ1n) is 4.36. The van der Waals surface area contributed by atoms with Gasteiger partial charge in [0.1, 0.15) is 11.9 Å². The van der Waals surface area contributed by atoms with E-state index in [4.69, 9.17) is 16.7 Å². The number of aromatic nitrogens is 2. The summed E-state index contributed by atoms with van der Waals surface area (Å²) in [6.07, 6.45) is -3.67. The van der Waals surface area contributed by atoms with Crippen LogP contribution in [0.25, 0.3) is 0 Å². The summed E-state index contributed by atoms with van der Waals surface area (Å²) in [5.74, 6) is -0.0317. The Morgan fingerprint density at radius 1 is 1.50 bits per heavy atom. The molecule has 0 aliphatic carbocycles. The molecule has 1 aromatic heterocycles. The molecule has 1 heterocycles. The highest BCUT2D eigenvalue weighted by Crippen LogP contribution is 2.25. The van der Waals surface area contributed by atoms with Crippen molar-refractivity contribution in [2.75, 3.05) is 11.9 Å². The molecule has 4 nitrogen and oxygen atoms in total. The number of halogens is 4. The van der Waals surface area contributed by atoms with Crippen molar-refractivity contribution in [1.82, 2.24) is 9.97 Å². The summed E-state index contributed by atoms with van der Waals surface area (Å²) in [7, 11) is 0.